The van der Waals surface area contributed by atoms with Crippen LogP contribution >= 0.6 is 0 Å². The lowest BCUT2D eigenvalue weighted by atomic mass is 10.0. The molecule has 2 aromatic carbocycles. The highest BCUT2D eigenvalue weighted by Crippen LogP contribution is 2.16. The maximum absolute atomic E-state index is 12.3. The Hall–Kier alpha value is -2.57. The van der Waals surface area contributed by atoms with Crippen LogP contribution in [0.1, 0.15) is 11.6 Å². The minimum Gasteiger partial charge on any atom is -0.378 e. The van der Waals surface area contributed by atoms with Gasteiger partial charge in [0.1, 0.15) is 19.1 Å². The number of ether oxygens (including phenoxy) is 1. The van der Waals surface area contributed by atoms with E-state index in [0.29, 0.717) is 6.54 Å². The lowest BCUT2D eigenvalue weighted by Crippen LogP contribution is -3.15. The van der Waals surface area contributed by atoms with Gasteiger partial charge in [-0.05, 0) is 24.3 Å². The molecular weight excluding hydrogens is 340 g/mol. The summed E-state index contributed by atoms with van der Waals surface area (Å²) in [5, 5.41) is 5.93. The Morgan fingerprint density at radius 1 is 1.07 bits per heavy atom. The molecule has 6 heteroatoms. The number of benzene rings is 2. The topological polar surface area (TPSA) is 58.0 Å². The molecule has 1 aliphatic rings. The average Bonchev–Trinajstić information content (AvgIpc) is 2.70. The summed E-state index contributed by atoms with van der Waals surface area (Å²) >= 11 is 0. The first kappa shape index (κ1) is 19.2. The number of hydrogen-bond donors (Lipinski definition) is 3. The summed E-state index contributed by atoms with van der Waals surface area (Å²) < 4.78 is 5.51. The fourth-order valence-corrected chi connectivity index (χ4v) is 3.38. The molecular formula is C21H29N4O2+. The van der Waals surface area contributed by atoms with Crippen molar-refractivity contribution < 1.29 is 14.4 Å². The summed E-state index contributed by atoms with van der Waals surface area (Å²) in [6, 6.07) is 18.1. The zero-order valence-electron chi connectivity index (χ0n) is 16.1. The van der Waals surface area contributed by atoms with Gasteiger partial charge in [-0.15, -0.1) is 0 Å². The van der Waals surface area contributed by atoms with E-state index >= 15 is 0 Å². The van der Waals surface area contributed by atoms with Crippen LogP contribution in [0.5, 0.6) is 0 Å². The van der Waals surface area contributed by atoms with Crippen molar-refractivity contribution in [1.82, 2.24) is 5.32 Å². The molecule has 1 fully saturated rings. The minimum atomic E-state index is -0.177. The summed E-state index contributed by atoms with van der Waals surface area (Å²) in [6.45, 7) is 4.00. The zero-order chi connectivity index (χ0) is 19.1. The number of rotatable bonds is 6. The Morgan fingerprint density at radius 3 is 2.37 bits per heavy atom. The molecule has 0 spiro atoms. The molecule has 2 amide bonds. The van der Waals surface area contributed by atoms with Gasteiger partial charge in [-0.1, -0.05) is 30.3 Å². The molecule has 2 aromatic rings. The molecule has 144 valence electrons. The van der Waals surface area contributed by atoms with Crippen LogP contribution in [0.3, 0.4) is 0 Å². The lowest BCUT2D eigenvalue weighted by molar-refractivity contribution is -0.937. The van der Waals surface area contributed by atoms with Gasteiger partial charge < -0.3 is 25.2 Å². The SMILES string of the molecule is CN(C)c1ccc([C@@H](CNC(=O)Nc2ccccc2)[NH+]2CCOCC2)cc1. The molecule has 27 heavy (non-hydrogen) atoms. The van der Waals surface area contributed by atoms with E-state index in [4.69, 9.17) is 4.74 Å². The second-order valence-electron chi connectivity index (χ2n) is 7.01. The Kier molecular flexibility index (Phi) is 6.68. The van der Waals surface area contributed by atoms with Crippen LogP contribution in [0.25, 0.3) is 0 Å². The predicted octanol–water partition coefficient (Wildman–Crippen LogP) is 1.53. The van der Waals surface area contributed by atoms with Crippen LogP contribution in [0.2, 0.25) is 0 Å². The molecule has 3 rings (SSSR count). The van der Waals surface area contributed by atoms with E-state index in [1.165, 1.54) is 16.2 Å². The molecule has 0 saturated carbocycles. The smallest absolute Gasteiger partial charge is 0.319 e. The number of urea groups is 1. The fourth-order valence-electron chi connectivity index (χ4n) is 3.38. The van der Waals surface area contributed by atoms with Gasteiger partial charge in [-0.3, -0.25) is 0 Å². The van der Waals surface area contributed by atoms with Crippen molar-refractivity contribution in [2.45, 2.75) is 6.04 Å². The summed E-state index contributed by atoms with van der Waals surface area (Å²) in [4.78, 5) is 15.8. The van der Waals surface area contributed by atoms with Crippen molar-refractivity contribution >= 4 is 17.4 Å². The normalized spacial score (nSPS) is 15.8. The van der Waals surface area contributed by atoms with Crippen molar-refractivity contribution in [3.8, 4) is 0 Å². The highest BCUT2D eigenvalue weighted by Gasteiger charge is 2.27. The Bertz CT molecular complexity index is 713. The third kappa shape index (κ3) is 5.45. The zero-order valence-corrected chi connectivity index (χ0v) is 16.1. The highest BCUT2D eigenvalue weighted by atomic mass is 16.5. The van der Waals surface area contributed by atoms with Crippen LogP contribution in [-0.2, 0) is 4.74 Å². The van der Waals surface area contributed by atoms with Crippen molar-refractivity contribution in [3.63, 3.8) is 0 Å². The van der Waals surface area contributed by atoms with Gasteiger partial charge in [-0.2, -0.15) is 0 Å². The number of amides is 2. The molecule has 1 saturated heterocycles. The third-order valence-electron chi connectivity index (χ3n) is 4.94. The summed E-state index contributed by atoms with van der Waals surface area (Å²) in [5.41, 5.74) is 3.20. The number of morpholine rings is 1. The number of para-hydroxylation sites is 1. The average molecular weight is 369 g/mol. The first-order valence-electron chi connectivity index (χ1n) is 9.43. The monoisotopic (exact) mass is 369 g/mol. The molecule has 0 unspecified atom stereocenters. The first-order chi connectivity index (χ1) is 13.1. The molecule has 3 N–H and O–H groups in total. The number of carbonyl (C=O) groups excluding carboxylic acids is 1. The van der Waals surface area contributed by atoms with Crippen LogP contribution < -0.4 is 20.4 Å². The number of carbonyl (C=O) groups is 1. The third-order valence-corrected chi connectivity index (χ3v) is 4.94. The molecule has 0 bridgehead atoms. The summed E-state index contributed by atoms with van der Waals surface area (Å²) in [7, 11) is 4.07. The van der Waals surface area contributed by atoms with E-state index in [1.54, 1.807) is 0 Å². The van der Waals surface area contributed by atoms with Gasteiger partial charge in [-0.25, -0.2) is 4.79 Å². The van der Waals surface area contributed by atoms with Gasteiger partial charge in [0.05, 0.1) is 19.8 Å². The summed E-state index contributed by atoms with van der Waals surface area (Å²) in [5.74, 6) is 0. The predicted molar refractivity (Wildman–Crippen MR) is 108 cm³/mol. The molecule has 6 nitrogen and oxygen atoms in total. The van der Waals surface area contributed by atoms with E-state index in [0.717, 1.165) is 32.0 Å². The second kappa shape index (κ2) is 9.39. The number of nitrogens with one attached hydrogen (secondary N) is 3. The Balaban J connectivity index is 1.67. The van der Waals surface area contributed by atoms with Gasteiger partial charge >= 0.3 is 6.03 Å². The molecule has 1 aliphatic heterocycles. The minimum absolute atomic E-state index is 0.177. The maximum Gasteiger partial charge on any atom is 0.319 e. The van der Waals surface area contributed by atoms with Gasteiger partial charge in [0.2, 0.25) is 0 Å². The van der Waals surface area contributed by atoms with E-state index in [2.05, 4.69) is 39.8 Å². The standard InChI is InChI=1S/C21H28N4O2/c1-24(2)19-10-8-17(9-11-19)20(25-12-14-27-15-13-25)16-22-21(26)23-18-6-4-3-5-7-18/h3-11,20H,12-16H2,1-2H3,(H2,22,23,26)/p+1/t20-/m1/s1. The quantitative estimate of drug-likeness (QED) is 0.724. The number of nitrogens with zero attached hydrogens (tertiary/aromatic N) is 1. The van der Waals surface area contributed by atoms with Crippen LogP contribution in [0.4, 0.5) is 16.2 Å². The van der Waals surface area contributed by atoms with E-state index in [9.17, 15) is 4.79 Å². The molecule has 0 aliphatic carbocycles. The number of quaternary nitrogens is 1. The van der Waals surface area contributed by atoms with Crippen LogP contribution in [0.15, 0.2) is 54.6 Å². The molecule has 0 radical (unpaired) electrons. The highest BCUT2D eigenvalue weighted by molar-refractivity contribution is 5.89. The van der Waals surface area contributed by atoms with Crippen molar-refractivity contribution in [1.29, 1.82) is 0 Å². The maximum atomic E-state index is 12.3. The van der Waals surface area contributed by atoms with E-state index < -0.39 is 0 Å². The second-order valence-corrected chi connectivity index (χ2v) is 7.01. The Morgan fingerprint density at radius 2 is 1.74 bits per heavy atom. The molecule has 1 heterocycles. The van der Waals surface area contributed by atoms with Crippen molar-refractivity contribution in [2.75, 3.05) is 57.2 Å². The van der Waals surface area contributed by atoms with Gasteiger partial charge in [0, 0.05) is 31.0 Å². The van der Waals surface area contributed by atoms with E-state index in [1.807, 2.05) is 44.4 Å². The summed E-state index contributed by atoms with van der Waals surface area (Å²) in [6.07, 6.45) is 0. The van der Waals surface area contributed by atoms with Gasteiger partial charge in [0.25, 0.3) is 0 Å². The van der Waals surface area contributed by atoms with E-state index in [-0.39, 0.29) is 12.1 Å². The van der Waals surface area contributed by atoms with Crippen LogP contribution in [-0.4, -0.2) is 53.0 Å². The number of anilines is 2. The fraction of sp³-hybridized carbons (Fsp3) is 0.381. The Labute approximate surface area is 161 Å². The largest absolute Gasteiger partial charge is 0.378 e. The van der Waals surface area contributed by atoms with Crippen LogP contribution in [0, 0.1) is 0 Å². The van der Waals surface area contributed by atoms with Crippen molar-refractivity contribution in [3.05, 3.63) is 60.2 Å². The lowest BCUT2D eigenvalue weighted by Gasteiger charge is -2.32. The molecule has 0 aromatic heterocycles. The first-order valence-corrected chi connectivity index (χ1v) is 9.43. The molecule has 1 atom stereocenters. The number of hydrogen-bond acceptors (Lipinski definition) is 3. The van der Waals surface area contributed by atoms with Gasteiger partial charge in [0.15, 0.2) is 0 Å². The van der Waals surface area contributed by atoms with Crippen molar-refractivity contribution in [2.24, 2.45) is 0 Å².